The van der Waals surface area contributed by atoms with Gasteiger partial charge in [0.2, 0.25) is 0 Å². The molecule has 0 fully saturated rings. The number of rotatable bonds is 28. The molecule has 5 nitrogen and oxygen atoms in total. The monoisotopic (exact) mass is 512 g/mol. The molecule has 0 amide bonds. The van der Waals surface area contributed by atoms with Gasteiger partial charge in [0.15, 0.2) is 0 Å². The van der Waals surface area contributed by atoms with Crippen LogP contribution < -0.4 is 5.73 Å². The van der Waals surface area contributed by atoms with Gasteiger partial charge in [0, 0.05) is 13.1 Å². The van der Waals surface area contributed by atoms with Gasteiger partial charge < -0.3 is 25.3 Å². The number of nitrogens with two attached hydrogens (primary N) is 1. The van der Waals surface area contributed by atoms with Crippen LogP contribution in [0.15, 0.2) is 0 Å². The fraction of sp³-hybridized carbons (Fsp3) is 1.00. The van der Waals surface area contributed by atoms with Crippen LogP contribution in [0.2, 0.25) is 0 Å². The van der Waals surface area contributed by atoms with Gasteiger partial charge in [-0.2, -0.15) is 0 Å². The fourth-order valence-electron chi connectivity index (χ4n) is 5.20. The van der Waals surface area contributed by atoms with Crippen LogP contribution in [0.3, 0.4) is 0 Å². The van der Waals surface area contributed by atoms with Crippen molar-refractivity contribution >= 4 is 0 Å². The van der Waals surface area contributed by atoms with E-state index in [-0.39, 0.29) is 0 Å². The van der Waals surface area contributed by atoms with Crippen molar-refractivity contribution < 1.29 is 0 Å². The van der Waals surface area contributed by atoms with Crippen molar-refractivity contribution in [1.29, 1.82) is 0 Å². The van der Waals surface area contributed by atoms with E-state index in [2.05, 4.69) is 61.6 Å². The average Bonchev–Trinajstić information content (AvgIpc) is 2.86. The molecule has 0 aliphatic carbocycles. The number of hydrogen-bond acceptors (Lipinski definition) is 5. The average molecular weight is 512 g/mol. The topological polar surface area (TPSA) is 39.0 Å². The summed E-state index contributed by atoms with van der Waals surface area (Å²) in [5.74, 6) is 0.795. The normalized spacial score (nSPS) is 12.3. The third-order valence-electron chi connectivity index (χ3n) is 7.65. The molecule has 36 heavy (non-hydrogen) atoms. The van der Waals surface area contributed by atoms with Crippen molar-refractivity contribution in [3.05, 3.63) is 0 Å². The zero-order valence-corrected chi connectivity index (χ0v) is 25.9. The molecule has 0 bridgehead atoms. The lowest BCUT2D eigenvalue weighted by atomic mass is 9.98. The molecule has 0 aromatic rings. The van der Waals surface area contributed by atoms with Crippen molar-refractivity contribution in [3.63, 3.8) is 0 Å². The lowest BCUT2D eigenvalue weighted by Gasteiger charge is -2.28. The fourth-order valence-corrected chi connectivity index (χ4v) is 5.20. The van der Waals surface area contributed by atoms with E-state index in [4.69, 9.17) is 5.73 Å². The summed E-state index contributed by atoms with van der Waals surface area (Å²) in [5, 5.41) is 0. The molecule has 0 aliphatic heterocycles. The number of hydrogen-bond donors (Lipinski definition) is 1. The molecule has 0 rings (SSSR count). The van der Waals surface area contributed by atoms with E-state index in [0.717, 1.165) is 12.5 Å². The van der Waals surface area contributed by atoms with Gasteiger partial charge in [-0.1, -0.05) is 58.8 Å². The van der Waals surface area contributed by atoms with Gasteiger partial charge in [0.1, 0.15) is 0 Å². The zero-order valence-electron chi connectivity index (χ0n) is 25.9. The second kappa shape index (κ2) is 26.4. The highest BCUT2D eigenvalue weighted by molar-refractivity contribution is 4.69. The third kappa shape index (κ3) is 24.2. The highest BCUT2D eigenvalue weighted by Gasteiger charge is 2.14. The Labute approximate surface area is 228 Å². The summed E-state index contributed by atoms with van der Waals surface area (Å²) in [6.07, 6.45) is 20.0. The van der Waals surface area contributed by atoms with E-state index < -0.39 is 0 Å². The van der Waals surface area contributed by atoms with E-state index in [1.54, 1.807) is 0 Å². The third-order valence-corrected chi connectivity index (χ3v) is 7.65. The molecule has 218 valence electrons. The first-order valence-corrected chi connectivity index (χ1v) is 15.9. The minimum Gasteiger partial charge on any atom is -0.330 e. The Morgan fingerprint density at radius 3 is 1.22 bits per heavy atom. The van der Waals surface area contributed by atoms with Gasteiger partial charge in [0.25, 0.3) is 0 Å². The maximum absolute atomic E-state index is 5.64. The Morgan fingerprint density at radius 2 is 0.806 bits per heavy atom. The predicted molar refractivity (Wildman–Crippen MR) is 163 cm³/mol. The minimum absolute atomic E-state index is 0.795. The summed E-state index contributed by atoms with van der Waals surface area (Å²) < 4.78 is 0. The molecule has 0 heterocycles. The Morgan fingerprint density at radius 1 is 0.444 bits per heavy atom. The Balaban J connectivity index is 4.34. The molecule has 0 aromatic carbocycles. The van der Waals surface area contributed by atoms with E-state index >= 15 is 0 Å². The van der Waals surface area contributed by atoms with Gasteiger partial charge >= 0.3 is 0 Å². The summed E-state index contributed by atoms with van der Waals surface area (Å²) in [4.78, 5) is 10.3. The number of unbranched alkanes of at least 4 members (excludes halogenated alkanes) is 9. The standard InChI is InChI=1S/C31H69N5/c1-7-9-23-33(3)25-17-19-27-35(5)29-31(21-15-13-11-12-14-16-22-32)30-36(6)28-20-18-26-34(4)24-10-8-2/h31H,7-30,32H2,1-6H3. The quantitative estimate of drug-likeness (QED) is 0.127. The number of nitrogens with zero attached hydrogens (tertiary/aromatic N) is 4. The van der Waals surface area contributed by atoms with E-state index in [1.807, 2.05) is 0 Å². The Kier molecular flexibility index (Phi) is 26.3. The summed E-state index contributed by atoms with van der Waals surface area (Å²) in [7, 11) is 9.27. The van der Waals surface area contributed by atoms with Crippen molar-refractivity contribution in [2.75, 3.05) is 87.1 Å². The molecular formula is C31H69N5. The largest absolute Gasteiger partial charge is 0.330 e. The molecule has 0 radical (unpaired) electrons. The first-order valence-electron chi connectivity index (χ1n) is 15.9. The van der Waals surface area contributed by atoms with Gasteiger partial charge in [-0.25, -0.2) is 0 Å². The van der Waals surface area contributed by atoms with Crippen LogP contribution >= 0.6 is 0 Å². The van der Waals surface area contributed by atoms with Crippen LogP contribution in [0.4, 0.5) is 0 Å². The van der Waals surface area contributed by atoms with Gasteiger partial charge in [0.05, 0.1) is 0 Å². The predicted octanol–water partition coefficient (Wildman–Crippen LogP) is 6.18. The van der Waals surface area contributed by atoms with Crippen LogP contribution in [-0.2, 0) is 0 Å². The molecule has 0 saturated heterocycles. The van der Waals surface area contributed by atoms with E-state index in [0.29, 0.717) is 0 Å². The van der Waals surface area contributed by atoms with Crippen LogP contribution in [-0.4, -0.2) is 107 Å². The van der Waals surface area contributed by atoms with Crippen molar-refractivity contribution in [1.82, 2.24) is 19.6 Å². The summed E-state index contributed by atoms with van der Waals surface area (Å²) in [6, 6.07) is 0. The lowest BCUT2D eigenvalue weighted by Crippen LogP contribution is -2.35. The Hall–Kier alpha value is -0.200. The second-order valence-electron chi connectivity index (χ2n) is 11.8. The van der Waals surface area contributed by atoms with E-state index in [1.165, 1.54) is 149 Å². The summed E-state index contributed by atoms with van der Waals surface area (Å²) >= 11 is 0. The molecule has 0 aromatic heterocycles. The maximum atomic E-state index is 5.64. The van der Waals surface area contributed by atoms with Gasteiger partial charge in [-0.15, -0.1) is 0 Å². The molecule has 0 atom stereocenters. The van der Waals surface area contributed by atoms with Crippen LogP contribution in [0.25, 0.3) is 0 Å². The van der Waals surface area contributed by atoms with Crippen molar-refractivity contribution in [2.45, 2.75) is 110 Å². The summed E-state index contributed by atoms with van der Waals surface area (Å²) in [6.45, 7) is 15.4. The van der Waals surface area contributed by atoms with Gasteiger partial charge in [-0.3, -0.25) is 0 Å². The summed E-state index contributed by atoms with van der Waals surface area (Å²) in [5.41, 5.74) is 5.64. The first-order chi connectivity index (χ1) is 17.4. The minimum atomic E-state index is 0.795. The SMILES string of the molecule is CCCCN(C)CCCCN(C)CC(CCCCCCCCN)CN(C)CCCCN(C)CCCC. The highest BCUT2D eigenvalue weighted by Crippen LogP contribution is 2.15. The van der Waals surface area contributed by atoms with Crippen LogP contribution in [0, 0.1) is 5.92 Å². The lowest BCUT2D eigenvalue weighted by molar-refractivity contribution is 0.196. The molecule has 0 unspecified atom stereocenters. The zero-order chi connectivity index (χ0) is 26.9. The molecule has 2 N–H and O–H groups in total. The van der Waals surface area contributed by atoms with Crippen molar-refractivity contribution in [3.8, 4) is 0 Å². The smallest absolute Gasteiger partial charge is 0.00188 e. The van der Waals surface area contributed by atoms with Crippen molar-refractivity contribution in [2.24, 2.45) is 11.7 Å². The maximum Gasteiger partial charge on any atom is 0.00188 e. The molecular weight excluding hydrogens is 442 g/mol. The molecule has 0 saturated carbocycles. The first kappa shape index (κ1) is 35.8. The molecule has 5 heteroatoms. The molecule has 0 aliphatic rings. The molecule has 0 spiro atoms. The highest BCUT2D eigenvalue weighted by atomic mass is 15.1. The second-order valence-corrected chi connectivity index (χ2v) is 11.8. The van der Waals surface area contributed by atoms with Gasteiger partial charge in [-0.05, 0) is 131 Å². The Bertz CT molecular complexity index is 403. The van der Waals surface area contributed by atoms with Crippen LogP contribution in [0.1, 0.15) is 110 Å². The van der Waals surface area contributed by atoms with Crippen LogP contribution in [0.5, 0.6) is 0 Å². The van der Waals surface area contributed by atoms with E-state index in [9.17, 15) is 0 Å².